The highest BCUT2D eigenvalue weighted by atomic mass is 16.1. The Kier molecular flexibility index (Phi) is 5.38. The first-order valence-electron chi connectivity index (χ1n) is 6.25. The molecule has 0 aliphatic heterocycles. The van der Waals surface area contributed by atoms with E-state index in [2.05, 4.69) is 38.2 Å². The summed E-state index contributed by atoms with van der Waals surface area (Å²) in [7, 11) is 0. The van der Waals surface area contributed by atoms with Crippen LogP contribution in [0.5, 0.6) is 0 Å². The van der Waals surface area contributed by atoms with Crippen LogP contribution in [0.25, 0.3) is 0 Å². The molecule has 0 unspecified atom stereocenters. The highest BCUT2D eigenvalue weighted by Gasteiger charge is 2.05. The largest absolute Gasteiger partial charge is 0.356 e. The first-order valence-corrected chi connectivity index (χ1v) is 6.25. The van der Waals surface area contributed by atoms with E-state index in [1.807, 2.05) is 6.07 Å². The van der Waals surface area contributed by atoms with Crippen LogP contribution in [-0.4, -0.2) is 12.5 Å². The van der Waals surface area contributed by atoms with Gasteiger partial charge in [0.15, 0.2) is 0 Å². The molecule has 1 aromatic rings. The van der Waals surface area contributed by atoms with Crippen molar-refractivity contribution in [1.29, 1.82) is 5.26 Å². The minimum absolute atomic E-state index is 0.0426. The quantitative estimate of drug-likeness (QED) is 0.865. The molecule has 0 heterocycles. The molecule has 0 bridgehead atoms. The van der Waals surface area contributed by atoms with Crippen LogP contribution in [0.4, 0.5) is 0 Å². The Morgan fingerprint density at radius 2 is 1.89 bits per heavy atom. The lowest BCUT2D eigenvalue weighted by Gasteiger charge is -2.11. The lowest BCUT2D eigenvalue weighted by molar-refractivity contribution is -0.120. The molecule has 18 heavy (non-hydrogen) atoms. The third kappa shape index (κ3) is 4.21. The Labute approximate surface area is 109 Å². The zero-order chi connectivity index (χ0) is 13.5. The maximum Gasteiger partial charge on any atom is 0.221 e. The number of benzene rings is 1. The van der Waals surface area contributed by atoms with Crippen LogP contribution in [0.2, 0.25) is 0 Å². The molecule has 0 radical (unpaired) electrons. The van der Waals surface area contributed by atoms with Crippen LogP contribution in [0.1, 0.15) is 35.1 Å². The van der Waals surface area contributed by atoms with E-state index in [0.717, 1.165) is 6.42 Å². The minimum atomic E-state index is -0.0426. The van der Waals surface area contributed by atoms with Crippen molar-refractivity contribution in [1.82, 2.24) is 5.32 Å². The molecule has 96 valence electrons. The van der Waals surface area contributed by atoms with Crippen molar-refractivity contribution in [2.24, 2.45) is 0 Å². The molecular formula is C15H20N2O. The van der Waals surface area contributed by atoms with E-state index in [0.29, 0.717) is 13.0 Å². The van der Waals surface area contributed by atoms with E-state index in [9.17, 15) is 4.79 Å². The zero-order valence-electron chi connectivity index (χ0n) is 11.3. The summed E-state index contributed by atoms with van der Waals surface area (Å²) in [5.41, 5.74) is 5.13. The van der Waals surface area contributed by atoms with Crippen molar-refractivity contribution in [3.05, 3.63) is 34.4 Å². The fourth-order valence-corrected chi connectivity index (χ4v) is 2.19. The van der Waals surface area contributed by atoms with Crippen molar-refractivity contribution in [3.63, 3.8) is 0 Å². The van der Waals surface area contributed by atoms with Crippen LogP contribution in [0.3, 0.4) is 0 Å². The predicted octanol–water partition coefficient (Wildman–Crippen LogP) is 2.57. The van der Waals surface area contributed by atoms with Crippen molar-refractivity contribution in [2.45, 2.75) is 40.0 Å². The Morgan fingerprint density at radius 1 is 1.28 bits per heavy atom. The third-order valence-corrected chi connectivity index (χ3v) is 3.00. The van der Waals surface area contributed by atoms with Gasteiger partial charge >= 0.3 is 0 Å². The molecule has 0 spiro atoms. The van der Waals surface area contributed by atoms with Gasteiger partial charge in [0.1, 0.15) is 0 Å². The van der Waals surface area contributed by atoms with E-state index in [1.54, 1.807) is 0 Å². The zero-order valence-corrected chi connectivity index (χ0v) is 11.3. The summed E-state index contributed by atoms with van der Waals surface area (Å²) in [5, 5.41) is 11.2. The number of nitriles is 1. The number of nitrogens with one attached hydrogen (secondary N) is 1. The topological polar surface area (TPSA) is 52.9 Å². The summed E-state index contributed by atoms with van der Waals surface area (Å²) < 4.78 is 0. The lowest BCUT2D eigenvalue weighted by atomic mass is 9.97. The van der Waals surface area contributed by atoms with Crippen LogP contribution in [-0.2, 0) is 11.2 Å². The molecule has 0 aliphatic rings. The molecule has 1 rings (SSSR count). The van der Waals surface area contributed by atoms with Gasteiger partial charge in [-0.1, -0.05) is 17.7 Å². The number of hydrogen-bond donors (Lipinski definition) is 1. The molecule has 3 heteroatoms. The van der Waals surface area contributed by atoms with Crippen molar-refractivity contribution < 1.29 is 4.79 Å². The number of hydrogen-bond acceptors (Lipinski definition) is 2. The SMILES string of the molecule is Cc1cc(C)c(CCNC(=O)CCC#N)c(C)c1. The monoisotopic (exact) mass is 244 g/mol. The second kappa shape index (κ2) is 6.80. The summed E-state index contributed by atoms with van der Waals surface area (Å²) in [4.78, 5) is 11.4. The fourth-order valence-electron chi connectivity index (χ4n) is 2.19. The molecule has 0 aromatic heterocycles. The molecular weight excluding hydrogens is 224 g/mol. The van der Waals surface area contributed by atoms with E-state index < -0.39 is 0 Å². The van der Waals surface area contributed by atoms with Gasteiger partial charge in [-0.25, -0.2) is 0 Å². The van der Waals surface area contributed by atoms with Gasteiger partial charge in [-0.15, -0.1) is 0 Å². The van der Waals surface area contributed by atoms with Gasteiger partial charge in [-0.2, -0.15) is 5.26 Å². The Hall–Kier alpha value is -1.82. The molecule has 1 aromatic carbocycles. The molecule has 0 saturated heterocycles. The maximum absolute atomic E-state index is 11.4. The van der Waals surface area contributed by atoms with Gasteiger partial charge < -0.3 is 5.32 Å². The van der Waals surface area contributed by atoms with Gasteiger partial charge in [-0.05, 0) is 43.9 Å². The summed E-state index contributed by atoms with van der Waals surface area (Å²) in [5.74, 6) is -0.0426. The molecule has 0 saturated carbocycles. The lowest BCUT2D eigenvalue weighted by Crippen LogP contribution is -2.25. The fraction of sp³-hybridized carbons (Fsp3) is 0.467. The number of aryl methyl sites for hydroxylation is 3. The number of rotatable bonds is 5. The maximum atomic E-state index is 11.4. The second-order valence-electron chi connectivity index (χ2n) is 4.64. The summed E-state index contributed by atoms with van der Waals surface area (Å²) in [6.45, 7) is 6.93. The van der Waals surface area contributed by atoms with Gasteiger partial charge in [0.05, 0.1) is 6.07 Å². The van der Waals surface area contributed by atoms with Crippen LogP contribution < -0.4 is 5.32 Å². The van der Waals surface area contributed by atoms with Crippen LogP contribution in [0.15, 0.2) is 12.1 Å². The highest BCUT2D eigenvalue weighted by molar-refractivity contribution is 5.76. The van der Waals surface area contributed by atoms with E-state index in [-0.39, 0.29) is 12.3 Å². The van der Waals surface area contributed by atoms with Gasteiger partial charge in [-0.3, -0.25) is 4.79 Å². The smallest absolute Gasteiger partial charge is 0.221 e. The average molecular weight is 244 g/mol. The standard InChI is InChI=1S/C15H20N2O/c1-11-9-12(2)14(13(3)10-11)6-8-17-15(18)5-4-7-16/h9-10H,4-6,8H2,1-3H3,(H,17,18). The van der Waals surface area contributed by atoms with E-state index in [4.69, 9.17) is 5.26 Å². The average Bonchev–Trinajstić information content (AvgIpc) is 2.29. The van der Waals surface area contributed by atoms with E-state index >= 15 is 0 Å². The number of carbonyl (C=O) groups excluding carboxylic acids is 1. The first kappa shape index (κ1) is 14.2. The van der Waals surface area contributed by atoms with E-state index in [1.165, 1.54) is 22.3 Å². The summed E-state index contributed by atoms with van der Waals surface area (Å²) in [6.07, 6.45) is 1.42. The number of amides is 1. The van der Waals surface area contributed by atoms with Gasteiger partial charge in [0.2, 0.25) is 5.91 Å². The molecule has 0 aliphatic carbocycles. The van der Waals surface area contributed by atoms with Crippen molar-refractivity contribution >= 4 is 5.91 Å². The number of carbonyl (C=O) groups is 1. The molecule has 3 nitrogen and oxygen atoms in total. The third-order valence-electron chi connectivity index (χ3n) is 3.00. The second-order valence-corrected chi connectivity index (χ2v) is 4.64. The van der Waals surface area contributed by atoms with Gasteiger partial charge in [0, 0.05) is 19.4 Å². The summed E-state index contributed by atoms with van der Waals surface area (Å²) >= 11 is 0. The Bertz CT molecular complexity index is 449. The van der Waals surface area contributed by atoms with Crippen LogP contribution in [0, 0.1) is 32.1 Å². The van der Waals surface area contributed by atoms with Crippen LogP contribution >= 0.6 is 0 Å². The normalized spacial score (nSPS) is 9.89. The Balaban J connectivity index is 2.50. The Morgan fingerprint density at radius 3 is 2.44 bits per heavy atom. The molecule has 1 amide bonds. The molecule has 0 atom stereocenters. The summed E-state index contributed by atoms with van der Waals surface area (Å²) in [6, 6.07) is 6.30. The molecule has 1 N–H and O–H groups in total. The van der Waals surface area contributed by atoms with Crippen molar-refractivity contribution in [3.8, 4) is 6.07 Å². The molecule has 0 fully saturated rings. The minimum Gasteiger partial charge on any atom is -0.356 e. The number of nitrogens with zero attached hydrogens (tertiary/aromatic N) is 1. The highest BCUT2D eigenvalue weighted by Crippen LogP contribution is 2.16. The first-order chi connectivity index (χ1) is 8.54. The van der Waals surface area contributed by atoms with Gasteiger partial charge in [0.25, 0.3) is 0 Å². The van der Waals surface area contributed by atoms with Crippen molar-refractivity contribution in [2.75, 3.05) is 6.54 Å². The predicted molar refractivity (Wildman–Crippen MR) is 72.2 cm³/mol.